The number of amides is 2. The fourth-order valence-corrected chi connectivity index (χ4v) is 2.33. The Bertz CT molecular complexity index is 772. The monoisotopic (exact) mass is 328 g/mol. The molecule has 2 aromatic carbocycles. The van der Waals surface area contributed by atoms with Crippen LogP contribution in [-0.2, 0) is 11.2 Å². The Labute approximate surface area is 140 Å². The van der Waals surface area contributed by atoms with Crippen LogP contribution in [0.25, 0.3) is 0 Å². The van der Waals surface area contributed by atoms with Gasteiger partial charge in [-0.05, 0) is 42.3 Å². The van der Waals surface area contributed by atoms with Crippen LogP contribution >= 0.6 is 0 Å². The fourth-order valence-electron chi connectivity index (χ4n) is 2.33. The van der Waals surface area contributed by atoms with Crippen molar-refractivity contribution in [2.75, 3.05) is 20.0 Å². The summed E-state index contributed by atoms with van der Waals surface area (Å²) in [6, 6.07) is 10.1. The topological polar surface area (TPSA) is 90.7 Å². The van der Waals surface area contributed by atoms with Crippen molar-refractivity contribution in [2.45, 2.75) is 13.3 Å². The molecule has 0 unspecified atom stereocenters. The van der Waals surface area contributed by atoms with Gasteiger partial charge in [0.05, 0.1) is 26.2 Å². The molecule has 0 saturated heterocycles. The van der Waals surface area contributed by atoms with Crippen LogP contribution in [0.4, 0.5) is 5.69 Å². The minimum atomic E-state index is -0.517. The molecule has 2 amide bonds. The highest BCUT2D eigenvalue weighted by atomic mass is 16.5. The second kappa shape index (κ2) is 7.50. The second-order valence-electron chi connectivity index (χ2n) is 5.28. The van der Waals surface area contributed by atoms with Crippen molar-refractivity contribution in [3.05, 3.63) is 53.1 Å². The van der Waals surface area contributed by atoms with E-state index in [1.165, 1.54) is 7.11 Å². The number of imide groups is 1. The van der Waals surface area contributed by atoms with Gasteiger partial charge in [-0.25, -0.2) is 0 Å². The van der Waals surface area contributed by atoms with Crippen LogP contribution in [0.2, 0.25) is 0 Å². The molecule has 3 N–H and O–H groups in total. The van der Waals surface area contributed by atoms with E-state index in [-0.39, 0.29) is 12.0 Å². The Morgan fingerprint density at radius 2 is 1.71 bits per heavy atom. The van der Waals surface area contributed by atoms with E-state index >= 15 is 0 Å². The number of aryl methyl sites for hydroxylation is 1. The van der Waals surface area contributed by atoms with Crippen LogP contribution in [0.1, 0.15) is 21.5 Å². The van der Waals surface area contributed by atoms with E-state index < -0.39 is 11.8 Å². The quantitative estimate of drug-likeness (QED) is 0.820. The third-order valence-corrected chi connectivity index (χ3v) is 3.65. The molecule has 0 fully saturated rings. The first-order chi connectivity index (χ1) is 11.5. The number of rotatable bonds is 5. The van der Waals surface area contributed by atoms with Crippen molar-refractivity contribution in [2.24, 2.45) is 0 Å². The van der Waals surface area contributed by atoms with E-state index in [4.69, 9.17) is 15.2 Å². The average molecular weight is 328 g/mol. The molecule has 0 atom stereocenters. The molecule has 2 aromatic rings. The molecule has 0 heterocycles. The van der Waals surface area contributed by atoms with Crippen molar-refractivity contribution in [3.8, 4) is 11.5 Å². The highest BCUT2D eigenvalue weighted by Gasteiger charge is 2.15. The zero-order valence-electron chi connectivity index (χ0n) is 13.9. The van der Waals surface area contributed by atoms with Crippen LogP contribution in [0, 0.1) is 6.92 Å². The Morgan fingerprint density at radius 3 is 2.33 bits per heavy atom. The van der Waals surface area contributed by atoms with Gasteiger partial charge in [-0.2, -0.15) is 0 Å². The minimum absolute atomic E-state index is 0.0463. The summed E-state index contributed by atoms with van der Waals surface area (Å²) < 4.78 is 10.5. The van der Waals surface area contributed by atoms with Crippen molar-refractivity contribution < 1.29 is 19.1 Å². The smallest absolute Gasteiger partial charge is 0.259 e. The third-order valence-electron chi connectivity index (χ3n) is 3.65. The first-order valence-corrected chi connectivity index (χ1v) is 7.36. The van der Waals surface area contributed by atoms with E-state index in [0.717, 1.165) is 11.1 Å². The van der Waals surface area contributed by atoms with Crippen LogP contribution < -0.4 is 20.5 Å². The van der Waals surface area contributed by atoms with Crippen LogP contribution in [-0.4, -0.2) is 26.0 Å². The zero-order valence-corrected chi connectivity index (χ0v) is 13.9. The zero-order chi connectivity index (χ0) is 17.7. The van der Waals surface area contributed by atoms with Crippen LogP contribution in [0.5, 0.6) is 11.5 Å². The molecule has 0 aliphatic carbocycles. The van der Waals surface area contributed by atoms with Gasteiger partial charge in [-0.1, -0.05) is 12.1 Å². The summed E-state index contributed by atoms with van der Waals surface area (Å²) in [5.74, 6) is 0.187. The van der Waals surface area contributed by atoms with Gasteiger partial charge in [-0.15, -0.1) is 0 Å². The number of nitrogens with one attached hydrogen (secondary N) is 1. The third kappa shape index (κ3) is 3.84. The number of para-hydroxylation sites is 1. The molecule has 6 nitrogen and oxygen atoms in total. The van der Waals surface area contributed by atoms with E-state index in [9.17, 15) is 9.59 Å². The van der Waals surface area contributed by atoms with Crippen molar-refractivity contribution in [1.29, 1.82) is 0 Å². The predicted molar refractivity (Wildman–Crippen MR) is 91.3 cm³/mol. The maximum absolute atomic E-state index is 12.2. The number of benzene rings is 2. The lowest BCUT2D eigenvalue weighted by atomic mass is 10.0. The number of anilines is 1. The number of carbonyl (C=O) groups is 2. The summed E-state index contributed by atoms with van der Waals surface area (Å²) in [6.45, 7) is 1.86. The Kier molecular flexibility index (Phi) is 5.42. The molecule has 126 valence electrons. The molecule has 0 bridgehead atoms. The van der Waals surface area contributed by atoms with E-state index in [1.54, 1.807) is 43.5 Å². The van der Waals surface area contributed by atoms with Crippen molar-refractivity contribution >= 4 is 17.5 Å². The largest absolute Gasteiger partial charge is 0.493 e. The molecule has 0 aliphatic rings. The molecule has 0 aliphatic heterocycles. The lowest BCUT2D eigenvalue weighted by Crippen LogP contribution is -2.32. The van der Waals surface area contributed by atoms with Gasteiger partial charge in [0.25, 0.3) is 5.91 Å². The van der Waals surface area contributed by atoms with Gasteiger partial charge in [0, 0.05) is 5.69 Å². The summed E-state index contributed by atoms with van der Waals surface area (Å²) in [6.07, 6.45) is 0.0463. The lowest BCUT2D eigenvalue weighted by Gasteiger charge is -2.13. The van der Waals surface area contributed by atoms with Gasteiger partial charge < -0.3 is 15.2 Å². The van der Waals surface area contributed by atoms with Gasteiger partial charge in [-0.3, -0.25) is 14.9 Å². The summed E-state index contributed by atoms with van der Waals surface area (Å²) in [5, 5.41) is 2.35. The van der Waals surface area contributed by atoms with Crippen molar-refractivity contribution in [3.63, 3.8) is 0 Å². The van der Waals surface area contributed by atoms with Gasteiger partial charge in [0.15, 0.2) is 11.5 Å². The van der Waals surface area contributed by atoms with Gasteiger partial charge in [0.1, 0.15) is 0 Å². The predicted octanol–water partition coefficient (Wildman–Crippen LogP) is 2.09. The number of nitrogens with two attached hydrogens (primary N) is 1. The fraction of sp³-hybridized carbons (Fsp3) is 0.222. The highest BCUT2D eigenvalue weighted by molar-refractivity contribution is 6.07. The normalized spacial score (nSPS) is 10.1. The average Bonchev–Trinajstić information content (AvgIpc) is 2.56. The number of nitrogen functional groups attached to an aromatic ring is 1. The maximum Gasteiger partial charge on any atom is 0.259 e. The molecule has 24 heavy (non-hydrogen) atoms. The number of methoxy groups -OCH3 is 2. The molecule has 0 spiro atoms. The number of carbonyl (C=O) groups excluding carboxylic acids is 2. The summed E-state index contributed by atoms with van der Waals surface area (Å²) in [7, 11) is 3.07. The SMILES string of the molecule is COc1cc(C)c(CC(=O)NC(=O)c2ccccc2N)cc1OC. The van der Waals surface area contributed by atoms with E-state index in [0.29, 0.717) is 17.2 Å². The molecular weight excluding hydrogens is 308 g/mol. The minimum Gasteiger partial charge on any atom is -0.493 e. The Morgan fingerprint density at radius 1 is 1.08 bits per heavy atom. The van der Waals surface area contributed by atoms with Crippen LogP contribution in [0.15, 0.2) is 36.4 Å². The molecule has 6 heteroatoms. The molecule has 2 rings (SSSR count). The molecule has 0 radical (unpaired) electrons. The van der Waals surface area contributed by atoms with Gasteiger partial charge in [0.2, 0.25) is 5.91 Å². The summed E-state index contributed by atoms with van der Waals surface area (Å²) in [4.78, 5) is 24.3. The molecule has 0 aromatic heterocycles. The van der Waals surface area contributed by atoms with E-state index in [1.807, 2.05) is 6.92 Å². The second-order valence-corrected chi connectivity index (χ2v) is 5.28. The lowest BCUT2D eigenvalue weighted by molar-refractivity contribution is -0.119. The van der Waals surface area contributed by atoms with Crippen molar-refractivity contribution in [1.82, 2.24) is 5.32 Å². The Hall–Kier alpha value is -3.02. The van der Waals surface area contributed by atoms with E-state index in [2.05, 4.69) is 5.32 Å². The standard InChI is InChI=1S/C18H20N2O4/c1-11-8-15(23-2)16(24-3)9-12(11)10-17(21)20-18(22)13-6-4-5-7-14(13)19/h4-9H,10,19H2,1-3H3,(H,20,21,22). The summed E-state index contributed by atoms with van der Waals surface area (Å²) >= 11 is 0. The van der Waals surface area contributed by atoms with Gasteiger partial charge >= 0.3 is 0 Å². The Balaban J connectivity index is 2.13. The molecule has 0 saturated carbocycles. The first kappa shape index (κ1) is 17.3. The number of ether oxygens (including phenoxy) is 2. The number of hydrogen-bond acceptors (Lipinski definition) is 5. The maximum atomic E-state index is 12.2. The highest BCUT2D eigenvalue weighted by Crippen LogP contribution is 2.30. The molecular formula is C18H20N2O4. The first-order valence-electron chi connectivity index (χ1n) is 7.36. The number of hydrogen-bond donors (Lipinski definition) is 2. The van der Waals surface area contributed by atoms with Crippen LogP contribution in [0.3, 0.4) is 0 Å². The summed E-state index contributed by atoms with van der Waals surface area (Å²) in [5.41, 5.74) is 7.96.